The molecule has 3 rings (SSSR count). The lowest BCUT2D eigenvalue weighted by Gasteiger charge is -2.46. The predicted molar refractivity (Wildman–Crippen MR) is 119 cm³/mol. The fourth-order valence-electron chi connectivity index (χ4n) is 5.44. The third kappa shape index (κ3) is 5.51. The quantitative estimate of drug-likeness (QED) is 0.525. The summed E-state index contributed by atoms with van der Waals surface area (Å²) in [6.45, 7) is 8.30. The summed E-state index contributed by atoms with van der Waals surface area (Å²) in [7, 11) is 0. The fourth-order valence-corrected chi connectivity index (χ4v) is 5.44. The Labute approximate surface area is 172 Å². The number of aromatic hydroxyl groups is 1. The van der Waals surface area contributed by atoms with Crippen molar-refractivity contribution >= 4 is 0 Å². The molecule has 0 unspecified atom stereocenters. The standard InChI is InChI=1S/C25H42N2O/c1-3-5-6-7-17-26-25(22-9-8-10-24(28)20-22)15-11-23(12-16-25)27-18-13-21(4-2)14-19-27/h8-10,20-21,23,26,28H,3-7,11-19H2,1-2H3. The van der Waals surface area contributed by atoms with Gasteiger partial charge in [-0.1, -0.05) is 51.7 Å². The van der Waals surface area contributed by atoms with Crippen molar-refractivity contribution in [1.29, 1.82) is 0 Å². The second-order valence-corrected chi connectivity index (χ2v) is 9.24. The van der Waals surface area contributed by atoms with Gasteiger partial charge in [0.15, 0.2) is 0 Å². The van der Waals surface area contributed by atoms with E-state index in [1.54, 1.807) is 6.07 Å². The largest absolute Gasteiger partial charge is 0.508 e. The molecule has 3 nitrogen and oxygen atoms in total. The van der Waals surface area contributed by atoms with Crippen LogP contribution in [0.25, 0.3) is 0 Å². The third-order valence-corrected chi connectivity index (χ3v) is 7.44. The molecule has 158 valence electrons. The number of phenols is 1. The number of phenolic OH excluding ortho intramolecular Hbond substituents is 1. The van der Waals surface area contributed by atoms with Crippen LogP contribution in [-0.4, -0.2) is 35.7 Å². The smallest absolute Gasteiger partial charge is 0.115 e. The van der Waals surface area contributed by atoms with Gasteiger partial charge >= 0.3 is 0 Å². The van der Waals surface area contributed by atoms with Crippen molar-refractivity contribution in [3.8, 4) is 5.75 Å². The van der Waals surface area contributed by atoms with Crippen molar-refractivity contribution in [1.82, 2.24) is 10.2 Å². The lowest BCUT2D eigenvalue weighted by Crippen LogP contribution is -2.50. The SMILES string of the molecule is CCCCCCNC1(c2cccc(O)c2)CCC(N2CCC(CC)CC2)CC1. The number of unbranched alkanes of at least 4 members (excludes halogenated alkanes) is 3. The van der Waals surface area contributed by atoms with Gasteiger partial charge in [-0.15, -0.1) is 0 Å². The Morgan fingerprint density at radius 1 is 1.04 bits per heavy atom. The predicted octanol–water partition coefficient (Wildman–Crippen LogP) is 5.82. The van der Waals surface area contributed by atoms with E-state index >= 15 is 0 Å². The van der Waals surface area contributed by atoms with Crippen LogP contribution in [0.1, 0.15) is 90.0 Å². The summed E-state index contributed by atoms with van der Waals surface area (Å²) in [5, 5.41) is 14.0. The van der Waals surface area contributed by atoms with Crippen molar-refractivity contribution in [2.24, 2.45) is 5.92 Å². The monoisotopic (exact) mass is 386 g/mol. The Morgan fingerprint density at radius 2 is 1.79 bits per heavy atom. The molecule has 1 aliphatic carbocycles. The molecule has 1 aliphatic heterocycles. The number of hydrogen-bond donors (Lipinski definition) is 2. The van der Waals surface area contributed by atoms with E-state index in [0.717, 1.165) is 18.5 Å². The Bertz CT molecular complexity index is 572. The molecule has 0 aromatic heterocycles. The summed E-state index contributed by atoms with van der Waals surface area (Å²) >= 11 is 0. The Balaban J connectivity index is 1.61. The topological polar surface area (TPSA) is 35.5 Å². The van der Waals surface area contributed by atoms with Gasteiger partial charge in [0.1, 0.15) is 5.75 Å². The number of nitrogens with zero attached hydrogens (tertiary/aromatic N) is 1. The molecule has 1 saturated carbocycles. The maximum atomic E-state index is 10.1. The van der Waals surface area contributed by atoms with E-state index in [2.05, 4.69) is 30.1 Å². The maximum absolute atomic E-state index is 10.1. The maximum Gasteiger partial charge on any atom is 0.115 e. The van der Waals surface area contributed by atoms with Crippen LogP contribution in [0.5, 0.6) is 5.75 Å². The molecule has 0 radical (unpaired) electrons. The van der Waals surface area contributed by atoms with Gasteiger partial charge in [0.2, 0.25) is 0 Å². The number of rotatable bonds is 9. The van der Waals surface area contributed by atoms with Crippen molar-refractivity contribution in [2.75, 3.05) is 19.6 Å². The highest BCUT2D eigenvalue weighted by Gasteiger charge is 2.38. The average Bonchev–Trinajstić information content (AvgIpc) is 2.74. The third-order valence-electron chi connectivity index (χ3n) is 7.44. The van der Waals surface area contributed by atoms with E-state index in [1.807, 2.05) is 12.1 Å². The zero-order valence-corrected chi connectivity index (χ0v) is 18.3. The molecular formula is C25H42N2O. The molecule has 2 N–H and O–H groups in total. The van der Waals surface area contributed by atoms with Gasteiger partial charge in [-0.2, -0.15) is 0 Å². The zero-order valence-electron chi connectivity index (χ0n) is 18.3. The summed E-state index contributed by atoms with van der Waals surface area (Å²) in [4.78, 5) is 2.78. The molecule has 2 aliphatic rings. The van der Waals surface area contributed by atoms with Crippen molar-refractivity contribution in [2.45, 2.75) is 96.1 Å². The van der Waals surface area contributed by atoms with Crippen LogP contribution in [0, 0.1) is 5.92 Å². The van der Waals surface area contributed by atoms with Crippen LogP contribution >= 0.6 is 0 Å². The number of hydrogen-bond acceptors (Lipinski definition) is 3. The highest BCUT2D eigenvalue weighted by molar-refractivity contribution is 5.33. The first-order valence-corrected chi connectivity index (χ1v) is 12.0. The molecule has 3 heteroatoms. The van der Waals surface area contributed by atoms with Crippen LogP contribution in [0.3, 0.4) is 0 Å². The molecule has 0 spiro atoms. The van der Waals surface area contributed by atoms with Crippen molar-refractivity contribution < 1.29 is 5.11 Å². The normalized spacial score (nSPS) is 27.1. The summed E-state index contributed by atoms with van der Waals surface area (Å²) in [6.07, 6.45) is 14.2. The molecule has 0 amide bonds. The Kier molecular flexibility index (Phi) is 8.23. The number of nitrogens with one attached hydrogen (secondary N) is 1. The highest BCUT2D eigenvalue weighted by atomic mass is 16.3. The summed E-state index contributed by atoms with van der Waals surface area (Å²) < 4.78 is 0. The first kappa shape index (κ1) is 21.6. The van der Waals surface area contributed by atoms with Gasteiger partial charge in [0.05, 0.1) is 0 Å². The summed E-state index contributed by atoms with van der Waals surface area (Å²) in [5.74, 6) is 1.35. The number of piperidine rings is 1. The molecular weight excluding hydrogens is 344 g/mol. The fraction of sp³-hybridized carbons (Fsp3) is 0.760. The minimum Gasteiger partial charge on any atom is -0.508 e. The van der Waals surface area contributed by atoms with Crippen molar-refractivity contribution in [3.05, 3.63) is 29.8 Å². The van der Waals surface area contributed by atoms with Crippen LogP contribution in [0.4, 0.5) is 0 Å². The first-order valence-electron chi connectivity index (χ1n) is 12.0. The lowest BCUT2D eigenvalue weighted by molar-refractivity contribution is 0.0767. The molecule has 1 heterocycles. The van der Waals surface area contributed by atoms with Gasteiger partial charge in [-0.25, -0.2) is 0 Å². The molecule has 0 atom stereocenters. The second-order valence-electron chi connectivity index (χ2n) is 9.24. The zero-order chi connectivity index (χ0) is 19.8. The summed E-state index contributed by atoms with van der Waals surface area (Å²) in [6, 6.07) is 8.76. The molecule has 28 heavy (non-hydrogen) atoms. The minimum atomic E-state index is 0.0448. The molecule has 2 fully saturated rings. The Morgan fingerprint density at radius 3 is 2.43 bits per heavy atom. The van der Waals surface area contributed by atoms with Gasteiger partial charge in [0.25, 0.3) is 0 Å². The van der Waals surface area contributed by atoms with E-state index < -0.39 is 0 Å². The van der Waals surface area contributed by atoms with E-state index in [1.165, 1.54) is 89.3 Å². The van der Waals surface area contributed by atoms with E-state index in [9.17, 15) is 5.11 Å². The first-order chi connectivity index (χ1) is 13.7. The van der Waals surface area contributed by atoms with Crippen molar-refractivity contribution in [3.63, 3.8) is 0 Å². The van der Waals surface area contributed by atoms with Crippen LogP contribution in [0.15, 0.2) is 24.3 Å². The summed E-state index contributed by atoms with van der Waals surface area (Å²) in [5.41, 5.74) is 1.33. The lowest BCUT2D eigenvalue weighted by atomic mass is 9.74. The van der Waals surface area contributed by atoms with Gasteiger partial charge in [-0.3, -0.25) is 0 Å². The molecule has 0 bridgehead atoms. The van der Waals surface area contributed by atoms with Crippen LogP contribution in [0.2, 0.25) is 0 Å². The molecule has 1 aromatic rings. The molecule has 1 saturated heterocycles. The highest BCUT2D eigenvalue weighted by Crippen LogP contribution is 2.40. The number of benzene rings is 1. The van der Waals surface area contributed by atoms with E-state index in [-0.39, 0.29) is 5.54 Å². The molecule has 1 aromatic carbocycles. The second kappa shape index (κ2) is 10.6. The average molecular weight is 387 g/mol. The van der Waals surface area contributed by atoms with E-state index in [0.29, 0.717) is 5.75 Å². The van der Waals surface area contributed by atoms with E-state index in [4.69, 9.17) is 0 Å². The van der Waals surface area contributed by atoms with Crippen LogP contribution in [-0.2, 0) is 5.54 Å². The minimum absolute atomic E-state index is 0.0448. The van der Waals surface area contributed by atoms with Gasteiger partial charge in [-0.05, 0) is 88.2 Å². The van der Waals surface area contributed by atoms with Gasteiger partial charge in [0, 0.05) is 11.6 Å². The Hall–Kier alpha value is -1.06. The van der Waals surface area contributed by atoms with Gasteiger partial charge < -0.3 is 15.3 Å². The van der Waals surface area contributed by atoms with Crippen LogP contribution < -0.4 is 5.32 Å². The number of likely N-dealkylation sites (tertiary alicyclic amines) is 1.